The molecule has 3 rings (SSSR count). The quantitative estimate of drug-likeness (QED) is 0.648. The van der Waals surface area contributed by atoms with E-state index in [1.54, 1.807) is 25.4 Å². The summed E-state index contributed by atoms with van der Waals surface area (Å²) in [6.45, 7) is 2.36. The molecule has 5 nitrogen and oxygen atoms in total. The summed E-state index contributed by atoms with van der Waals surface area (Å²) in [7, 11) is 3.44. The molecule has 1 aromatic heterocycles. The summed E-state index contributed by atoms with van der Waals surface area (Å²) in [6, 6.07) is 13.3. The number of likely N-dealkylation sites (N-methyl/N-ethyl adjacent to an activating group) is 1. The smallest absolute Gasteiger partial charge is 0.245 e. The highest BCUT2D eigenvalue weighted by molar-refractivity contribution is 9.10. The summed E-state index contributed by atoms with van der Waals surface area (Å²) in [5.74, 6) is 0.786. The van der Waals surface area contributed by atoms with Crippen molar-refractivity contribution in [3.63, 3.8) is 0 Å². The van der Waals surface area contributed by atoms with Crippen LogP contribution >= 0.6 is 15.9 Å². The van der Waals surface area contributed by atoms with Gasteiger partial charge in [0.25, 0.3) is 0 Å². The molecular weight excluding hydrogens is 382 g/mol. The topological polar surface area (TPSA) is 47.4 Å². The average Bonchev–Trinajstić information content (AvgIpc) is 3.04. The first-order chi connectivity index (χ1) is 12.0. The Hall–Kier alpha value is -2.34. The Balaban J connectivity index is 1.81. The minimum Gasteiger partial charge on any atom is -0.496 e. The number of rotatable bonds is 5. The molecule has 1 atom stereocenters. The molecule has 0 aliphatic carbocycles. The van der Waals surface area contributed by atoms with Gasteiger partial charge in [0.2, 0.25) is 5.91 Å². The molecule has 0 saturated carbocycles. The first kappa shape index (κ1) is 17.5. The van der Waals surface area contributed by atoms with E-state index in [2.05, 4.69) is 20.9 Å². The molecule has 130 valence electrons. The van der Waals surface area contributed by atoms with Gasteiger partial charge >= 0.3 is 0 Å². The zero-order valence-corrected chi connectivity index (χ0v) is 16.0. The van der Waals surface area contributed by atoms with Gasteiger partial charge in [-0.25, -0.2) is 4.98 Å². The zero-order valence-electron chi connectivity index (χ0n) is 14.4. The zero-order chi connectivity index (χ0) is 18.0. The summed E-state index contributed by atoms with van der Waals surface area (Å²) < 4.78 is 8.26. The van der Waals surface area contributed by atoms with Gasteiger partial charge in [-0.3, -0.25) is 4.79 Å². The number of aromatic nitrogens is 2. The highest BCUT2D eigenvalue weighted by atomic mass is 79.9. The summed E-state index contributed by atoms with van der Waals surface area (Å²) in [4.78, 5) is 19.0. The van der Waals surface area contributed by atoms with E-state index in [1.807, 2.05) is 54.0 Å². The number of carbonyl (C=O) groups is 1. The third-order valence-electron chi connectivity index (χ3n) is 4.28. The minimum absolute atomic E-state index is 0.0187. The molecule has 6 heteroatoms. The Morgan fingerprint density at radius 2 is 2.08 bits per heavy atom. The molecule has 1 heterocycles. The van der Waals surface area contributed by atoms with E-state index in [1.165, 1.54) is 0 Å². The van der Waals surface area contributed by atoms with Crippen molar-refractivity contribution in [3.8, 4) is 5.75 Å². The van der Waals surface area contributed by atoms with E-state index in [-0.39, 0.29) is 11.9 Å². The lowest BCUT2D eigenvalue weighted by molar-refractivity contribution is -0.133. The number of benzene rings is 2. The molecule has 0 bridgehead atoms. The SMILES string of the molecule is COc1ccc(Br)cc1CN(C)C(=O)[C@@H](C)n1cnc2ccccc21. The number of nitrogens with zero attached hydrogens (tertiary/aromatic N) is 3. The fourth-order valence-corrected chi connectivity index (χ4v) is 3.34. The average molecular weight is 402 g/mol. The van der Waals surface area contributed by atoms with Crippen LogP contribution in [0, 0.1) is 0 Å². The maximum atomic E-state index is 12.9. The Labute approximate surface area is 155 Å². The van der Waals surface area contributed by atoms with Crippen molar-refractivity contribution in [2.75, 3.05) is 14.2 Å². The van der Waals surface area contributed by atoms with E-state index in [0.717, 1.165) is 26.8 Å². The Bertz CT molecular complexity index is 907. The predicted octanol–water partition coefficient (Wildman–Crippen LogP) is 4.03. The van der Waals surface area contributed by atoms with Crippen LogP contribution in [0.2, 0.25) is 0 Å². The number of methoxy groups -OCH3 is 1. The summed E-state index contributed by atoms with van der Waals surface area (Å²) >= 11 is 3.47. The highest BCUT2D eigenvalue weighted by Crippen LogP contribution is 2.25. The maximum absolute atomic E-state index is 12.9. The van der Waals surface area contributed by atoms with Crippen LogP contribution in [-0.2, 0) is 11.3 Å². The third kappa shape index (κ3) is 3.54. The van der Waals surface area contributed by atoms with Gasteiger partial charge in [0, 0.05) is 23.6 Å². The van der Waals surface area contributed by atoms with Crippen LogP contribution in [0.25, 0.3) is 11.0 Å². The molecule has 0 N–H and O–H groups in total. The van der Waals surface area contributed by atoms with E-state index >= 15 is 0 Å². The Morgan fingerprint density at radius 3 is 2.84 bits per heavy atom. The van der Waals surface area contributed by atoms with E-state index in [4.69, 9.17) is 4.74 Å². The van der Waals surface area contributed by atoms with Crippen molar-refractivity contribution in [1.82, 2.24) is 14.5 Å². The Kier molecular flexibility index (Phi) is 5.08. The minimum atomic E-state index is -0.337. The lowest BCUT2D eigenvalue weighted by Crippen LogP contribution is -2.32. The largest absolute Gasteiger partial charge is 0.496 e. The van der Waals surface area contributed by atoms with Crippen molar-refractivity contribution >= 4 is 32.9 Å². The number of hydrogen-bond donors (Lipinski definition) is 0. The van der Waals surface area contributed by atoms with Gasteiger partial charge in [-0.05, 0) is 37.3 Å². The number of amides is 1. The Morgan fingerprint density at radius 1 is 1.32 bits per heavy atom. The highest BCUT2D eigenvalue weighted by Gasteiger charge is 2.21. The molecule has 0 spiro atoms. The normalized spacial score (nSPS) is 12.2. The van der Waals surface area contributed by atoms with Gasteiger partial charge in [-0.2, -0.15) is 0 Å². The number of halogens is 1. The second kappa shape index (κ2) is 7.27. The lowest BCUT2D eigenvalue weighted by atomic mass is 10.1. The number of imidazole rings is 1. The fourth-order valence-electron chi connectivity index (χ4n) is 2.93. The van der Waals surface area contributed by atoms with Gasteiger partial charge in [0.1, 0.15) is 11.8 Å². The van der Waals surface area contributed by atoms with Crippen LogP contribution in [0.4, 0.5) is 0 Å². The molecule has 1 amide bonds. The second-order valence-electron chi connectivity index (χ2n) is 5.97. The van der Waals surface area contributed by atoms with Gasteiger partial charge in [0.05, 0.1) is 24.5 Å². The van der Waals surface area contributed by atoms with Crippen molar-refractivity contribution < 1.29 is 9.53 Å². The number of ether oxygens (including phenoxy) is 1. The van der Waals surface area contributed by atoms with Crippen molar-refractivity contribution in [3.05, 3.63) is 58.8 Å². The van der Waals surface area contributed by atoms with Crippen LogP contribution in [0.15, 0.2) is 53.3 Å². The standard InChI is InChI=1S/C19H20BrN3O2/c1-13(23-12-21-16-6-4-5-7-17(16)23)19(24)22(2)11-14-10-15(20)8-9-18(14)25-3/h4-10,12-13H,11H2,1-3H3/t13-/m1/s1. The van der Waals surface area contributed by atoms with Crippen molar-refractivity contribution in [2.24, 2.45) is 0 Å². The number of hydrogen-bond acceptors (Lipinski definition) is 3. The van der Waals surface area contributed by atoms with E-state index in [9.17, 15) is 4.79 Å². The summed E-state index contributed by atoms with van der Waals surface area (Å²) in [5, 5.41) is 0. The molecule has 0 saturated heterocycles. The maximum Gasteiger partial charge on any atom is 0.245 e. The first-order valence-corrected chi connectivity index (χ1v) is 8.79. The van der Waals surface area contributed by atoms with Gasteiger partial charge in [-0.15, -0.1) is 0 Å². The molecule has 3 aromatic rings. The van der Waals surface area contributed by atoms with Crippen molar-refractivity contribution in [1.29, 1.82) is 0 Å². The van der Waals surface area contributed by atoms with Crippen LogP contribution in [-0.4, -0.2) is 34.5 Å². The fraction of sp³-hybridized carbons (Fsp3) is 0.263. The molecule has 2 aromatic carbocycles. The molecule has 25 heavy (non-hydrogen) atoms. The van der Waals surface area contributed by atoms with E-state index < -0.39 is 0 Å². The number of carbonyl (C=O) groups excluding carboxylic acids is 1. The summed E-state index contributed by atoms with van der Waals surface area (Å²) in [5.41, 5.74) is 2.80. The first-order valence-electron chi connectivity index (χ1n) is 8.00. The lowest BCUT2D eigenvalue weighted by Gasteiger charge is -2.23. The third-order valence-corrected chi connectivity index (χ3v) is 4.78. The summed E-state index contributed by atoms with van der Waals surface area (Å²) in [6.07, 6.45) is 1.72. The van der Waals surface area contributed by atoms with E-state index in [0.29, 0.717) is 6.54 Å². The molecular formula is C19H20BrN3O2. The number of fused-ring (bicyclic) bond motifs is 1. The van der Waals surface area contributed by atoms with Crippen LogP contribution in [0.1, 0.15) is 18.5 Å². The molecule has 0 radical (unpaired) electrons. The van der Waals surface area contributed by atoms with Crippen molar-refractivity contribution in [2.45, 2.75) is 19.5 Å². The predicted molar refractivity (Wildman–Crippen MR) is 102 cm³/mol. The van der Waals surface area contributed by atoms with Crippen LogP contribution in [0.3, 0.4) is 0 Å². The molecule has 0 aliphatic heterocycles. The molecule has 0 fully saturated rings. The second-order valence-corrected chi connectivity index (χ2v) is 6.88. The molecule has 0 aliphatic rings. The van der Waals surface area contributed by atoms with Crippen LogP contribution in [0.5, 0.6) is 5.75 Å². The van der Waals surface area contributed by atoms with Gasteiger partial charge < -0.3 is 14.2 Å². The van der Waals surface area contributed by atoms with Gasteiger partial charge in [-0.1, -0.05) is 28.1 Å². The molecule has 0 unspecified atom stereocenters. The van der Waals surface area contributed by atoms with Crippen LogP contribution < -0.4 is 4.74 Å². The number of para-hydroxylation sites is 2. The monoisotopic (exact) mass is 401 g/mol. The van der Waals surface area contributed by atoms with Gasteiger partial charge in [0.15, 0.2) is 0 Å².